The molecular formula is C12H10F3N3O3. The molecule has 1 heterocycles. The van der Waals surface area contributed by atoms with Crippen LogP contribution in [0.3, 0.4) is 0 Å². The van der Waals surface area contributed by atoms with Gasteiger partial charge >= 0.3 is 12.3 Å². The van der Waals surface area contributed by atoms with Gasteiger partial charge in [-0.15, -0.1) is 18.3 Å². The zero-order chi connectivity index (χ0) is 15.8. The van der Waals surface area contributed by atoms with Crippen LogP contribution in [-0.2, 0) is 11.8 Å². The number of aliphatic carboxylic acids is 1. The molecule has 0 spiro atoms. The topological polar surface area (TPSA) is 77.2 Å². The molecule has 1 N–H and O–H groups in total. The van der Waals surface area contributed by atoms with E-state index in [1.165, 1.54) is 13.1 Å². The number of carbonyl (C=O) groups is 1. The molecular weight excluding hydrogens is 291 g/mol. The maximum absolute atomic E-state index is 12.5. The number of hydrogen-bond acceptors (Lipinski definition) is 4. The molecule has 1 aromatic heterocycles. The Balaban J connectivity index is 2.67. The first-order valence-electron chi connectivity index (χ1n) is 5.69. The third-order valence-corrected chi connectivity index (χ3v) is 2.77. The van der Waals surface area contributed by atoms with Gasteiger partial charge in [-0.25, -0.2) is 9.48 Å². The summed E-state index contributed by atoms with van der Waals surface area (Å²) in [5.74, 6) is -1.70. The number of halogens is 3. The average molecular weight is 301 g/mol. The highest BCUT2D eigenvalue weighted by atomic mass is 19.4. The first-order valence-corrected chi connectivity index (χ1v) is 5.69. The van der Waals surface area contributed by atoms with E-state index in [0.29, 0.717) is 5.56 Å². The lowest BCUT2D eigenvalue weighted by Gasteiger charge is -2.12. The third kappa shape index (κ3) is 3.12. The predicted octanol–water partition coefficient (Wildman–Crippen LogP) is 2.27. The molecule has 2 rings (SSSR count). The van der Waals surface area contributed by atoms with Gasteiger partial charge in [0.05, 0.1) is 0 Å². The molecule has 0 aliphatic carbocycles. The van der Waals surface area contributed by atoms with Gasteiger partial charge in [0, 0.05) is 13.1 Å². The monoisotopic (exact) mass is 301 g/mol. The smallest absolute Gasteiger partial charge is 0.478 e. The van der Waals surface area contributed by atoms with Crippen molar-refractivity contribution in [1.82, 2.24) is 15.0 Å². The van der Waals surface area contributed by atoms with Crippen molar-refractivity contribution in [3.8, 4) is 5.75 Å². The molecule has 21 heavy (non-hydrogen) atoms. The van der Waals surface area contributed by atoms with E-state index in [-0.39, 0.29) is 16.6 Å². The largest absolute Gasteiger partial charge is 0.573 e. The van der Waals surface area contributed by atoms with Gasteiger partial charge in [0.15, 0.2) is 5.75 Å². The molecule has 112 valence electrons. The molecule has 0 fully saturated rings. The summed E-state index contributed by atoms with van der Waals surface area (Å²) < 4.78 is 42.5. The van der Waals surface area contributed by atoms with Crippen molar-refractivity contribution >= 4 is 23.1 Å². The predicted molar refractivity (Wildman–Crippen MR) is 66.6 cm³/mol. The number of ether oxygens (including phenoxy) is 1. The van der Waals surface area contributed by atoms with E-state index in [0.717, 1.165) is 16.8 Å². The number of rotatable bonds is 3. The molecule has 0 atom stereocenters. The number of aryl methyl sites for hydroxylation is 2. The highest BCUT2D eigenvalue weighted by molar-refractivity contribution is 5.91. The van der Waals surface area contributed by atoms with Crippen LogP contribution >= 0.6 is 0 Å². The van der Waals surface area contributed by atoms with Crippen molar-refractivity contribution in [2.75, 3.05) is 0 Å². The first kappa shape index (κ1) is 14.8. The highest BCUT2D eigenvalue weighted by Crippen LogP contribution is 2.33. The Hall–Kier alpha value is -2.58. The van der Waals surface area contributed by atoms with Crippen LogP contribution < -0.4 is 4.74 Å². The zero-order valence-electron chi connectivity index (χ0n) is 11.0. The Morgan fingerprint density at radius 2 is 2.14 bits per heavy atom. The lowest BCUT2D eigenvalue weighted by atomic mass is 10.1. The minimum Gasteiger partial charge on any atom is -0.478 e. The number of nitrogens with zero attached hydrogens (tertiary/aromatic N) is 3. The Bertz CT molecular complexity index is 735. The Kier molecular flexibility index (Phi) is 3.58. The van der Waals surface area contributed by atoms with Gasteiger partial charge < -0.3 is 9.84 Å². The second-order valence-electron chi connectivity index (χ2n) is 4.22. The summed E-state index contributed by atoms with van der Waals surface area (Å²) in [7, 11) is 1.44. The van der Waals surface area contributed by atoms with Crippen molar-refractivity contribution in [2.24, 2.45) is 7.05 Å². The van der Waals surface area contributed by atoms with Crippen molar-refractivity contribution in [3.63, 3.8) is 0 Å². The van der Waals surface area contributed by atoms with Crippen LogP contribution in [0.1, 0.15) is 11.1 Å². The maximum Gasteiger partial charge on any atom is 0.573 e. The van der Waals surface area contributed by atoms with Gasteiger partial charge in [-0.2, -0.15) is 0 Å². The maximum atomic E-state index is 12.5. The normalized spacial score (nSPS) is 12.2. The lowest BCUT2D eigenvalue weighted by Crippen LogP contribution is -2.18. The standard InChI is InChI=1S/C12H10F3N3O3/c1-6-7(3-4-9(19)20)5-8(21-12(13,14)15)11-10(6)16-17-18(11)2/h3-5H,1-2H3,(H,19,20)/b4-3+. The molecule has 0 bridgehead atoms. The van der Waals surface area contributed by atoms with Crippen LogP contribution in [-0.4, -0.2) is 32.4 Å². The van der Waals surface area contributed by atoms with Gasteiger partial charge in [0.25, 0.3) is 0 Å². The number of hydrogen-bond donors (Lipinski definition) is 1. The summed E-state index contributed by atoms with van der Waals surface area (Å²) in [5, 5.41) is 16.1. The minimum absolute atomic E-state index is 0.0808. The number of aromatic nitrogens is 3. The van der Waals surface area contributed by atoms with Crippen LogP contribution in [0.4, 0.5) is 13.2 Å². The molecule has 9 heteroatoms. The number of fused-ring (bicyclic) bond motifs is 1. The fourth-order valence-electron chi connectivity index (χ4n) is 1.88. The fourth-order valence-corrected chi connectivity index (χ4v) is 1.88. The summed E-state index contributed by atoms with van der Waals surface area (Å²) in [6, 6.07) is 1.11. The quantitative estimate of drug-likeness (QED) is 0.880. The first-order chi connectivity index (χ1) is 9.69. The molecule has 6 nitrogen and oxygen atoms in total. The van der Waals surface area contributed by atoms with E-state index in [4.69, 9.17) is 5.11 Å². The molecule has 2 aromatic rings. The fraction of sp³-hybridized carbons (Fsp3) is 0.250. The van der Waals surface area contributed by atoms with Crippen LogP contribution in [0, 0.1) is 6.92 Å². The number of benzene rings is 1. The number of carboxylic acids is 1. The minimum atomic E-state index is -4.87. The number of alkyl halides is 3. The van der Waals surface area contributed by atoms with Crippen molar-refractivity contribution in [3.05, 3.63) is 23.3 Å². The van der Waals surface area contributed by atoms with E-state index in [1.807, 2.05) is 0 Å². The summed E-state index contributed by atoms with van der Waals surface area (Å²) in [6.45, 7) is 1.61. The third-order valence-electron chi connectivity index (χ3n) is 2.77. The number of carboxylic acid groups (broad SMARTS) is 1. The van der Waals surface area contributed by atoms with Gasteiger partial charge in [-0.1, -0.05) is 5.21 Å². The average Bonchev–Trinajstić information content (AvgIpc) is 2.72. The molecule has 1 aromatic carbocycles. The molecule has 0 aliphatic rings. The van der Waals surface area contributed by atoms with Crippen molar-refractivity contribution in [2.45, 2.75) is 13.3 Å². The van der Waals surface area contributed by atoms with Gasteiger partial charge in [0.2, 0.25) is 0 Å². The van der Waals surface area contributed by atoms with E-state index in [1.54, 1.807) is 6.92 Å². The van der Waals surface area contributed by atoms with E-state index in [9.17, 15) is 18.0 Å². The van der Waals surface area contributed by atoms with Gasteiger partial charge in [-0.05, 0) is 30.2 Å². The molecule has 0 saturated carbocycles. The second-order valence-corrected chi connectivity index (χ2v) is 4.22. The van der Waals surface area contributed by atoms with Crippen LogP contribution in [0.5, 0.6) is 5.75 Å². The van der Waals surface area contributed by atoms with E-state index in [2.05, 4.69) is 15.0 Å². The Labute approximate surface area is 116 Å². The summed E-state index contributed by atoms with van der Waals surface area (Å²) in [4.78, 5) is 10.5. The SMILES string of the molecule is Cc1c(/C=C/C(=O)O)cc(OC(F)(F)F)c2c1nnn2C. The molecule has 0 aliphatic heterocycles. The van der Waals surface area contributed by atoms with Crippen LogP contribution in [0.2, 0.25) is 0 Å². The summed E-state index contributed by atoms with van der Waals surface area (Å²) in [5.41, 5.74) is 1.05. The Morgan fingerprint density at radius 1 is 1.48 bits per heavy atom. The lowest BCUT2D eigenvalue weighted by molar-refractivity contribution is -0.274. The Morgan fingerprint density at radius 3 is 2.71 bits per heavy atom. The highest BCUT2D eigenvalue weighted by Gasteiger charge is 2.33. The molecule has 0 saturated heterocycles. The van der Waals surface area contributed by atoms with Gasteiger partial charge in [0.1, 0.15) is 11.0 Å². The summed E-state index contributed by atoms with van der Waals surface area (Å²) in [6.07, 6.45) is -2.88. The second kappa shape index (κ2) is 5.08. The molecule has 0 amide bonds. The van der Waals surface area contributed by atoms with Gasteiger partial charge in [-0.3, -0.25) is 0 Å². The zero-order valence-corrected chi connectivity index (χ0v) is 11.0. The van der Waals surface area contributed by atoms with E-state index >= 15 is 0 Å². The van der Waals surface area contributed by atoms with Crippen LogP contribution in [0.15, 0.2) is 12.1 Å². The van der Waals surface area contributed by atoms with E-state index < -0.39 is 18.1 Å². The van der Waals surface area contributed by atoms with Crippen molar-refractivity contribution < 1.29 is 27.8 Å². The molecule has 0 unspecified atom stereocenters. The van der Waals surface area contributed by atoms with Crippen LogP contribution in [0.25, 0.3) is 17.1 Å². The summed E-state index contributed by atoms with van der Waals surface area (Å²) >= 11 is 0. The molecule has 0 radical (unpaired) electrons. The van der Waals surface area contributed by atoms with Crippen molar-refractivity contribution in [1.29, 1.82) is 0 Å².